The maximum atomic E-state index is 12.6. The van der Waals surface area contributed by atoms with Crippen molar-refractivity contribution in [1.29, 1.82) is 0 Å². The molecule has 0 aliphatic carbocycles. The minimum atomic E-state index is -0.0815. The Labute approximate surface area is 182 Å². The van der Waals surface area contributed by atoms with E-state index >= 15 is 0 Å². The van der Waals surface area contributed by atoms with Crippen LogP contribution < -0.4 is 14.8 Å². The van der Waals surface area contributed by atoms with Gasteiger partial charge < -0.3 is 19.7 Å². The van der Waals surface area contributed by atoms with Gasteiger partial charge in [-0.25, -0.2) is 4.79 Å². The summed E-state index contributed by atoms with van der Waals surface area (Å²) >= 11 is 0. The van der Waals surface area contributed by atoms with Gasteiger partial charge in [0.05, 0.1) is 7.11 Å². The van der Waals surface area contributed by atoms with E-state index in [0.717, 1.165) is 25.3 Å². The topological polar surface area (TPSA) is 66.9 Å². The maximum Gasteiger partial charge on any atom is 0.321 e. The number of urea groups is 1. The standard InChI is InChI=1S/C24H26N4O3/c1-30-22-4-2-3-5-23(22)31-21-8-6-20(7-9-21)26-24(29)28-16-14-27(15-17-28)18-19-10-12-25-13-11-19/h2-13H,14-18H2,1H3,(H,26,29). The molecule has 160 valence electrons. The molecule has 0 atom stereocenters. The van der Waals surface area contributed by atoms with Crippen molar-refractivity contribution in [2.45, 2.75) is 6.54 Å². The molecule has 2 amide bonds. The second kappa shape index (κ2) is 9.95. The summed E-state index contributed by atoms with van der Waals surface area (Å²) in [6, 6.07) is 18.8. The van der Waals surface area contributed by atoms with Crippen molar-refractivity contribution in [3.63, 3.8) is 0 Å². The third kappa shape index (κ3) is 5.52. The lowest BCUT2D eigenvalue weighted by molar-refractivity contribution is 0.143. The van der Waals surface area contributed by atoms with E-state index in [2.05, 4.69) is 15.2 Å². The van der Waals surface area contributed by atoms with Crippen LogP contribution in [0.15, 0.2) is 73.1 Å². The summed E-state index contributed by atoms with van der Waals surface area (Å²) in [5, 5.41) is 2.97. The minimum Gasteiger partial charge on any atom is -0.493 e. The Bertz CT molecular complexity index is 987. The summed E-state index contributed by atoms with van der Waals surface area (Å²) in [5.74, 6) is 1.99. The van der Waals surface area contributed by atoms with Gasteiger partial charge in [-0.3, -0.25) is 9.88 Å². The molecule has 7 nitrogen and oxygen atoms in total. The van der Waals surface area contributed by atoms with Crippen LogP contribution in [-0.4, -0.2) is 54.1 Å². The minimum absolute atomic E-state index is 0.0815. The number of aromatic nitrogens is 1. The third-order valence-corrected chi connectivity index (χ3v) is 5.22. The monoisotopic (exact) mass is 418 g/mol. The number of pyridine rings is 1. The van der Waals surface area contributed by atoms with Gasteiger partial charge >= 0.3 is 6.03 Å². The number of amides is 2. The van der Waals surface area contributed by atoms with Gasteiger partial charge in [-0.2, -0.15) is 0 Å². The molecule has 2 aromatic carbocycles. The Morgan fingerprint density at radius 1 is 0.935 bits per heavy atom. The molecule has 3 aromatic rings. The van der Waals surface area contributed by atoms with Crippen molar-refractivity contribution in [3.05, 3.63) is 78.6 Å². The number of carbonyl (C=O) groups is 1. The fraction of sp³-hybridized carbons (Fsp3) is 0.250. The predicted octanol–water partition coefficient (Wildman–Crippen LogP) is 4.23. The van der Waals surface area contributed by atoms with Crippen LogP contribution in [0.4, 0.5) is 10.5 Å². The van der Waals surface area contributed by atoms with Gasteiger partial charge in [-0.05, 0) is 54.1 Å². The number of ether oxygens (including phenoxy) is 2. The zero-order valence-corrected chi connectivity index (χ0v) is 17.5. The highest BCUT2D eigenvalue weighted by atomic mass is 16.5. The molecule has 0 bridgehead atoms. The van der Waals surface area contributed by atoms with Crippen LogP contribution in [0.1, 0.15) is 5.56 Å². The van der Waals surface area contributed by atoms with Gasteiger partial charge in [0.1, 0.15) is 5.75 Å². The molecule has 1 aliphatic heterocycles. The lowest BCUT2D eigenvalue weighted by atomic mass is 10.2. The van der Waals surface area contributed by atoms with Gasteiger partial charge in [0.2, 0.25) is 0 Å². The predicted molar refractivity (Wildman–Crippen MR) is 120 cm³/mol. The summed E-state index contributed by atoms with van der Waals surface area (Å²) < 4.78 is 11.2. The first-order valence-corrected chi connectivity index (χ1v) is 10.3. The molecule has 4 rings (SSSR count). The maximum absolute atomic E-state index is 12.6. The van der Waals surface area contributed by atoms with E-state index in [1.54, 1.807) is 7.11 Å². The molecule has 0 unspecified atom stereocenters. The van der Waals surface area contributed by atoms with Crippen molar-refractivity contribution in [3.8, 4) is 17.2 Å². The van der Waals surface area contributed by atoms with Gasteiger partial charge in [0, 0.05) is 50.8 Å². The van der Waals surface area contributed by atoms with Crippen molar-refractivity contribution < 1.29 is 14.3 Å². The van der Waals surface area contributed by atoms with Gasteiger partial charge in [-0.1, -0.05) is 12.1 Å². The average molecular weight is 418 g/mol. The number of hydrogen-bond donors (Lipinski definition) is 1. The van der Waals surface area contributed by atoms with E-state index < -0.39 is 0 Å². The van der Waals surface area contributed by atoms with Crippen molar-refractivity contribution >= 4 is 11.7 Å². The number of methoxy groups -OCH3 is 1. The van der Waals surface area contributed by atoms with Crippen LogP contribution >= 0.6 is 0 Å². The third-order valence-electron chi connectivity index (χ3n) is 5.22. The first-order chi connectivity index (χ1) is 15.2. The number of nitrogens with one attached hydrogen (secondary N) is 1. The molecule has 1 aliphatic rings. The van der Waals surface area contributed by atoms with E-state index in [4.69, 9.17) is 9.47 Å². The lowest BCUT2D eigenvalue weighted by Crippen LogP contribution is -2.49. The van der Waals surface area contributed by atoms with Crippen LogP contribution in [-0.2, 0) is 6.54 Å². The molecule has 31 heavy (non-hydrogen) atoms. The number of para-hydroxylation sites is 2. The van der Waals surface area contributed by atoms with Crippen molar-refractivity contribution in [2.75, 3.05) is 38.6 Å². The molecule has 1 aromatic heterocycles. The largest absolute Gasteiger partial charge is 0.493 e. The van der Waals surface area contributed by atoms with E-state index in [9.17, 15) is 4.79 Å². The van der Waals surface area contributed by atoms with Crippen LogP contribution in [0.25, 0.3) is 0 Å². The van der Waals surface area contributed by atoms with Crippen molar-refractivity contribution in [1.82, 2.24) is 14.8 Å². The first-order valence-electron chi connectivity index (χ1n) is 10.3. The van der Waals surface area contributed by atoms with Crippen LogP contribution in [0.2, 0.25) is 0 Å². The quantitative estimate of drug-likeness (QED) is 0.649. The van der Waals surface area contributed by atoms with E-state index in [-0.39, 0.29) is 6.03 Å². The van der Waals surface area contributed by atoms with Crippen LogP contribution in [0, 0.1) is 0 Å². The number of hydrogen-bond acceptors (Lipinski definition) is 5. The number of carbonyl (C=O) groups excluding carboxylic acids is 1. The second-order valence-electron chi connectivity index (χ2n) is 7.33. The summed E-state index contributed by atoms with van der Waals surface area (Å²) in [6.07, 6.45) is 3.62. The second-order valence-corrected chi connectivity index (χ2v) is 7.33. The number of benzene rings is 2. The average Bonchev–Trinajstić information content (AvgIpc) is 2.82. The van der Waals surface area contributed by atoms with E-state index in [1.807, 2.05) is 78.0 Å². The highest BCUT2D eigenvalue weighted by Gasteiger charge is 2.21. The lowest BCUT2D eigenvalue weighted by Gasteiger charge is -2.34. The van der Waals surface area contributed by atoms with E-state index in [0.29, 0.717) is 30.3 Å². The molecule has 7 heteroatoms. The first kappa shape index (κ1) is 20.7. The van der Waals surface area contributed by atoms with Crippen LogP contribution in [0.5, 0.6) is 17.2 Å². The molecular formula is C24H26N4O3. The normalized spacial score (nSPS) is 14.2. The number of rotatable bonds is 6. The molecule has 1 saturated heterocycles. The fourth-order valence-electron chi connectivity index (χ4n) is 3.49. The Balaban J connectivity index is 1.27. The molecule has 0 saturated carbocycles. The summed E-state index contributed by atoms with van der Waals surface area (Å²) in [5.41, 5.74) is 1.97. The summed E-state index contributed by atoms with van der Waals surface area (Å²) in [7, 11) is 1.61. The highest BCUT2D eigenvalue weighted by Crippen LogP contribution is 2.31. The highest BCUT2D eigenvalue weighted by molar-refractivity contribution is 5.89. The number of anilines is 1. The Hall–Kier alpha value is -3.58. The Morgan fingerprint density at radius 2 is 1.61 bits per heavy atom. The Morgan fingerprint density at radius 3 is 2.29 bits per heavy atom. The molecule has 2 heterocycles. The van der Waals surface area contributed by atoms with Crippen molar-refractivity contribution in [2.24, 2.45) is 0 Å². The zero-order valence-electron chi connectivity index (χ0n) is 17.5. The summed E-state index contributed by atoms with van der Waals surface area (Å²) in [4.78, 5) is 20.9. The molecule has 0 radical (unpaired) electrons. The number of piperazine rings is 1. The smallest absolute Gasteiger partial charge is 0.321 e. The van der Waals surface area contributed by atoms with Gasteiger partial charge in [0.25, 0.3) is 0 Å². The zero-order chi connectivity index (χ0) is 21.5. The molecular weight excluding hydrogens is 392 g/mol. The van der Waals surface area contributed by atoms with Gasteiger partial charge in [0.15, 0.2) is 11.5 Å². The van der Waals surface area contributed by atoms with Crippen LogP contribution in [0.3, 0.4) is 0 Å². The van der Waals surface area contributed by atoms with E-state index in [1.165, 1.54) is 5.56 Å². The Kier molecular flexibility index (Phi) is 6.64. The molecule has 0 spiro atoms. The molecule has 1 N–H and O–H groups in total. The fourth-order valence-corrected chi connectivity index (χ4v) is 3.49. The molecule has 1 fully saturated rings. The number of nitrogens with zero attached hydrogens (tertiary/aromatic N) is 3. The SMILES string of the molecule is COc1ccccc1Oc1ccc(NC(=O)N2CCN(Cc3ccncc3)CC2)cc1. The summed E-state index contributed by atoms with van der Waals surface area (Å²) in [6.45, 7) is 3.98. The van der Waals surface area contributed by atoms with Gasteiger partial charge in [-0.15, -0.1) is 0 Å².